The molecule has 0 aromatic rings. The number of hydrogen-bond acceptors (Lipinski definition) is 3. The molecule has 3 N–H and O–H groups in total. The van der Waals surface area contributed by atoms with Crippen LogP contribution in [0.5, 0.6) is 0 Å². The van der Waals surface area contributed by atoms with Gasteiger partial charge in [-0.15, -0.1) is 11.8 Å². The minimum Gasteiger partial charge on any atom is -0.391 e. The fourth-order valence-electron chi connectivity index (χ4n) is 1.64. The van der Waals surface area contributed by atoms with Crippen LogP contribution in [0.15, 0.2) is 34.8 Å². The van der Waals surface area contributed by atoms with Crippen LogP contribution < -0.4 is 5.73 Å². The number of aliphatic hydroxyl groups excluding tert-OH is 1. The topological polar surface area (TPSA) is 46.2 Å². The van der Waals surface area contributed by atoms with E-state index in [0.29, 0.717) is 17.7 Å². The number of aliphatic hydroxyl groups is 1. The third-order valence-electron chi connectivity index (χ3n) is 2.35. The van der Waals surface area contributed by atoms with E-state index in [2.05, 4.69) is 24.3 Å². The molecular formula is C10H13NOS. The summed E-state index contributed by atoms with van der Waals surface area (Å²) in [5, 5.41) is 9.44. The first-order chi connectivity index (χ1) is 6.33. The van der Waals surface area contributed by atoms with Gasteiger partial charge in [-0.3, -0.25) is 0 Å². The Kier molecular flexibility index (Phi) is 2.58. The van der Waals surface area contributed by atoms with E-state index in [-0.39, 0.29) is 6.61 Å². The summed E-state index contributed by atoms with van der Waals surface area (Å²) in [6.45, 7) is 0.770. The van der Waals surface area contributed by atoms with Crippen molar-refractivity contribution < 1.29 is 5.11 Å². The van der Waals surface area contributed by atoms with Crippen molar-refractivity contribution in [1.82, 2.24) is 0 Å². The first-order valence-electron chi connectivity index (χ1n) is 4.40. The summed E-state index contributed by atoms with van der Waals surface area (Å²) in [4.78, 5) is 1.08. The zero-order valence-electron chi connectivity index (χ0n) is 7.31. The van der Waals surface area contributed by atoms with E-state index >= 15 is 0 Å². The van der Waals surface area contributed by atoms with Crippen molar-refractivity contribution in [3.63, 3.8) is 0 Å². The second-order valence-corrected chi connectivity index (χ2v) is 4.56. The predicted octanol–water partition coefficient (Wildman–Crippen LogP) is 1.05. The molecule has 0 radical (unpaired) electrons. The Bertz CT molecular complexity index is 293. The van der Waals surface area contributed by atoms with E-state index < -0.39 is 0 Å². The smallest absolute Gasteiger partial charge is 0.0737 e. The molecule has 2 aliphatic rings. The van der Waals surface area contributed by atoms with Crippen LogP contribution >= 0.6 is 11.8 Å². The second kappa shape index (κ2) is 3.70. The SMILES string of the molecule is NCC1=CC2SC(CO)=CC2C=C1. The Hall–Kier alpha value is -0.510. The zero-order valence-corrected chi connectivity index (χ0v) is 8.13. The first kappa shape index (κ1) is 9.06. The largest absolute Gasteiger partial charge is 0.391 e. The molecule has 0 fully saturated rings. The molecule has 0 amide bonds. The summed E-state index contributed by atoms with van der Waals surface area (Å²) in [7, 11) is 0. The molecule has 2 nitrogen and oxygen atoms in total. The molecule has 1 aliphatic heterocycles. The average Bonchev–Trinajstić information content (AvgIpc) is 2.58. The third-order valence-corrected chi connectivity index (χ3v) is 3.64. The Morgan fingerprint density at radius 2 is 2.31 bits per heavy atom. The van der Waals surface area contributed by atoms with Crippen LogP contribution in [0, 0.1) is 5.92 Å². The molecule has 3 heteroatoms. The quantitative estimate of drug-likeness (QED) is 0.692. The summed E-state index contributed by atoms with van der Waals surface area (Å²) < 4.78 is 0. The van der Waals surface area contributed by atoms with Crippen molar-refractivity contribution in [2.75, 3.05) is 13.2 Å². The minimum absolute atomic E-state index is 0.164. The van der Waals surface area contributed by atoms with Gasteiger partial charge in [0.25, 0.3) is 0 Å². The van der Waals surface area contributed by atoms with Gasteiger partial charge in [0.1, 0.15) is 0 Å². The molecule has 0 saturated carbocycles. The van der Waals surface area contributed by atoms with E-state index in [1.54, 1.807) is 11.8 Å². The molecular weight excluding hydrogens is 182 g/mol. The minimum atomic E-state index is 0.164. The number of thioether (sulfide) groups is 1. The average molecular weight is 195 g/mol. The number of hydrogen-bond donors (Lipinski definition) is 2. The van der Waals surface area contributed by atoms with Crippen LogP contribution in [-0.4, -0.2) is 23.5 Å². The fourth-order valence-corrected chi connectivity index (χ4v) is 2.87. The van der Waals surface area contributed by atoms with Crippen molar-refractivity contribution >= 4 is 11.8 Å². The molecule has 13 heavy (non-hydrogen) atoms. The lowest BCUT2D eigenvalue weighted by Crippen LogP contribution is -2.13. The molecule has 2 atom stereocenters. The highest BCUT2D eigenvalue weighted by Crippen LogP contribution is 2.40. The van der Waals surface area contributed by atoms with Gasteiger partial charge < -0.3 is 10.8 Å². The Morgan fingerprint density at radius 1 is 1.46 bits per heavy atom. The van der Waals surface area contributed by atoms with Crippen molar-refractivity contribution in [2.24, 2.45) is 11.7 Å². The first-order valence-corrected chi connectivity index (χ1v) is 5.28. The van der Waals surface area contributed by atoms with Crippen LogP contribution in [0.3, 0.4) is 0 Å². The van der Waals surface area contributed by atoms with Crippen LogP contribution in [0.2, 0.25) is 0 Å². The summed E-state index contributed by atoms with van der Waals surface area (Å²) >= 11 is 1.74. The van der Waals surface area contributed by atoms with E-state index in [0.717, 1.165) is 4.91 Å². The highest BCUT2D eigenvalue weighted by atomic mass is 32.2. The molecule has 1 aliphatic carbocycles. The van der Waals surface area contributed by atoms with Crippen LogP contribution in [0.4, 0.5) is 0 Å². The summed E-state index contributed by atoms with van der Waals surface area (Å²) in [5.74, 6) is 0.461. The van der Waals surface area contributed by atoms with Crippen molar-refractivity contribution in [3.05, 3.63) is 34.8 Å². The molecule has 70 valence electrons. The monoisotopic (exact) mass is 195 g/mol. The Morgan fingerprint density at radius 3 is 3.00 bits per heavy atom. The molecule has 0 aromatic heterocycles. The van der Waals surface area contributed by atoms with E-state index in [1.807, 2.05) is 0 Å². The van der Waals surface area contributed by atoms with E-state index in [4.69, 9.17) is 10.8 Å². The van der Waals surface area contributed by atoms with Gasteiger partial charge in [0.2, 0.25) is 0 Å². The normalized spacial score (nSPS) is 31.2. The maximum absolute atomic E-state index is 8.98. The van der Waals surface area contributed by atoms with Gasteiger partial charge in [-0.2, -0.15) is 0 Å². The fraction of sp³-hybridized carbons (Fsp3) is 0.400. The molecule has 0 aromatic carbocycles. The van der Waals surface area contributed by atoms with E-state index in [1.165, 1.54) is 5.57 Å². The van der Waals surface area contributed by atoms with Crippen LogP contribution in [0.1, 0.15) is 0 Å². The van der Waals surface area contributed by atoms with E-state index in [9.17, 15) is 0 Å². The number of allylic oxidation sites excluding steroid dienone is 2. The highest BCUT2D eigenvalue weighted by Gasteiger charge is 2.26. The molecule has 2 rings (SSSR count). The lowest BCUT2D eigenvalue weighted by molar-refractivity contribution is 0.339. The molecule has 0 bridgehead atoms. The number of nitrogens with two attached hydrogens (primary N) is 1. The summed E-state index contributed by atoms with van der Waals surface area (Å²) in [6.07, 6.45) is 8.59. The standard InChI is InChI=1S/C10H13NOS/c11-5-7-1-2-8-4-9(6-12)13-10(8)3-7/h1-4,8,10,12H,5-6,11H2. The van der Waals surface area contributed by atoms with Crippen molar-refractivity contribution in [2.45, 2.75) is 5.25 Å². The van der Waals surface area contributed by atoms with Gasteiger partial charge >= 0.3 is 0 Å². The molecule has 2 unspecified atom stereocenters. The second-order valence-electron chi connectivity index (χ2n) is 3.26. The van der Waals surface area contributed by atoms with Gasteiger partial charge in [0, 0.05) is 22.6 Å². The van der Waals surface area contributed by atoms with Crippen molar-refractivity contribution in [3.8, 4) is 0 Å². The predicted molar refractivity (Wildman–Crippen MR) is 56.3 cm³/mol. The number of rotatable bonds is 2. The maximum Gasteiger partial charge on any atom is 0.0737 e. The van der Waals surface area contributed by atoms with Gasteiger partial charge in [-0.05, 0) is 5.57 Å². The van der Waals surface area contributed by atoms with Crippen LogP contribution in [-0.2, 0) is 0 Å². The lowest BCUT2D eigenvalue weighted by atomic mass is 9.96. The molecule has 0 spiro atoms. The highest BCUT2D eigenvalue weighted by molar-refractivity contribution is 8.04. The summed E-state index contributed by atoms with van der Waals surface area (Å²) in [6, 6.07) is 0. The maximum atomic E-state index is 8.98. The Labute approximate surface area is 82.2 Å². The zero-order chi connectivity index (χ0) is 9.26. The van der Waals surface area contributed by atoms with Crippen molar-refractivity contribution in [1.29, 1.82) is 0 Å². The molecule has 1 heterocycles. The van der Waals surface area contributed by atoms with Gasteiger partial charge in [0.05, 0.1) is 6.61 Å². The summed E-state index contributed by atoms with van der Waals surface area (Å²) in [5.41, 5.74) is 6.75. The number of fused-ring (bicyclic) bond motifs is 1. The van der Waals surface area contributed by atoms with Gasteiger partial charge in [-0.1, -0.05) is 24.3 Å². The molecule has 0 saturated heterocycles. The van der Waals surface area contributed by atoms with Crippen LogP contribution in [0.25, 0.3) is 0 Å². The third kappa shape index (κ3) is 1.73. The van der Waals surface area contributed by atoms with Gasteiger partial charge in [-0.25, -0.2) is 0 Å². The Balaban J connectivity index is 2.13. The lowest BCUT2D eigenvalue weighted by Gasteiger charge is -2.16. The van der Waals surface area contributed by atoms with Gasteiger partial charge in [0.15, 0.2) is 0 Å².